The average Bonchev–Trinajstić information content (AvgIpc) is 3.17. The third-order valence-electron chi connectivity index (χ3n) is 9.44. The summed E-state index contributed by atoms with van der Waals surface area (Å²) in [6.45, 7) is 4.52. The first-order valence-corrected chi connectivity index (χ1v) is 17.9. The highest BCUT2D eigenvalue weighted by molar-refractivity contribution is 5.81. The zero-order valence-corrected chi connectivity index (χ0v) is 31.0. The van der Waals surface area contributed by atoms with Crippen molar-refractivity contribution in [3.05, 3.63) is 89.5 Å². The Balaban J connectivity index is 1.45. The normalized spacial score (nSPS) is 19.8. The summed E-state index contributed by atoms with van der Waals surface area (Å²) < 4.78 is 40.9. The molecule has 1 fully saturated rings. The quantitative estimate of drug-likeness (QED) is 0.170. The van der Waals surface area contributed by atoms with Crippen molar-refractivity contribution in [1.29, 1.82) is 0 Å². The smallest absolute Gasteiger partial charge is 0.412 e. The summed E-state index contributed by atoms with van der Waals surface area (Å²) in [7, 11) is 8.31. The summed E-state index contributed by atoms with van der Waals surface area (Å²) in [5.74, 6) is 0.0871. The van der Waals surface area contributed by atoms with Crippen LogP contribution < -0.4 is 14.4 Å². The molecule has 2 aliphatic heterocycles. The first-order chi connectivity index (χ1) is 25.3. The van der Waals surface area contributed by atoms with E-state index in [0.717, 1.165) is 54.1 Å². The van der Waals surface area contributed by atoms with Gasteiger partial charge in [-0.15, -0.1) is 0 Å². The van der Waals surface area contributed by atoms with Crippen molar-refractivity contribution in [2.75, 3.05) is 86.4 Å². The molecular weight excluding hydrogens is 666 g/mol. The molecule has 2 heterocycles. The van der Waals surface area contributed by atoms with E-state index in [4.69, 9.17) is 33.2 Å². The van der Waals surface area contributed by atoms with Crippen molar-refractivity contribution in [3.63, 3.8) is 0 Å². The number of piperidine rings is 1. The van der Waals surface area contributed by atoms with Crippen molar-refractivity contribution in [1.82, 2.24) is 9.80 Å². The molecule has 3 aromatic rings. The van der Waals surface area contributed by atoms with Crippen LogP contribution in [0, 0.1) is 5.92 Å². The molecule has 0 radical (unpaired) electrons. The van der Waals surface area contributed by atoms with Gasteiger partial charge in [0.05, 0.1) is 44.0 Å². The Bertz CT molecular complexity index is 1560. The summed E-state index contributed by atoms with van der Waals surface area (Å²) in [6, 6.07) is 23.3. The van der Waals surface area contributed by atoms with Crippen LogP contribution in [-0.2, 0) is 41.7 Å². The Kier molecular flexibility index (Phi) is 14.5. The van der Waals surface area contributed by atoms with Crippen molar-refractivity contribution in [3.8, 4) is 11.5 Å². The molecule has 2 amide bonds. The molecule has 2 aliphatic rings. The number of hydrogen-bond donors (Lipinski definition) is 0. The minimum absolute atomic E-state index is 0.0811. The molecule has 5 rings (SSSR count). The van der Waals surface area contributed by atoms with Crippen LogP contribution in [-0.4, -0.2) is 116 Å². The molecule has 4 atom stereocenters. The van der Waals surface area contributed by atoms with Crippen LogP contribution in [0.1, 0.15) is 35.4 Å². The number of nitrogens with zero attached hydrogens (tertiary/aromatic N) is 3. The fraction of sp³-hybridized carbons (Fsp3) is 0.500. The number of carbonyl (C=O) groups excluding carboxylic acids is 2. The summed E-state index contributed by atoms with van der Waals surface area (Å²) in [6.07, 6.45) is -0.425. The van der Waals surface area contributed by atoms with Gasteiger partial charge in [-0.2, -0.15) is 0 Å². The van der Waals surface area contributed by atoms with Crippen LogP contribution in [0.5, 0.6) is 11.5 Å². The van der Waals surface area contributed by atoms with Gasteiger partial charge in [0.2, 0.25) is 5.91 Å². The average molecular weight is 720 g/mol. The highest BCUT2D eigenvalue weighted by Crippen LogP contribution is 2.42. The van der Waals surface area contributed by atoms with Crippen LogP contribution >= 0.6 is 0 Å². The maximum absolute atomic E-state index is 14.1. The second kappa shape index (κ2) is 19.5. The molecule has 12 heteroatoms. The Hall–Kier alpha value is -4.36. The third-order valence-corrected chi connectivity index (χ3v) is 9.44. The van der Waals surface area contributed by atoms with Crippen molar-refractivity contribution in [2.24, 2.45) is 5.92 Å². The standard InChI is InChI=1S/C40H53N3O9/c1-41(2)38(44)37-36(31-14-16-32(17-15-31)49-23-10-22-47-4)35(26-43(39(37)48-5)40(45)52-27-29-11-7-6-8-12-29)51-28-30-13-18-34-33(25-30)42(20-24-50-34)19-9-21-46-3/h6-8,11-18,25,35-37,39H,9-10,19-24,26-28H2,1-5H3/t35-,36+,37+,39?/m0/s1. The summed E-state index contributed by atoms with van der Waals surface area (Å²) in [5, 5.41) is 0. The van der Waals surface area contributed by atoms with Crippen LogP contribution in [0.15, 0.2) is 72.8 Å². The molecule has 0 N–H and O–H groups in total. The van der Waals surface area contributed by atoms with Gasteiger partial charge in [-0.3, -0.25) is 9.69 Å². The highest BCUT2D eigenvalue weighted by atomic mass is 16.6. The van der Waals surface area contributed by atoms with Gasteiger partial charge in [-0.25, -0.2) is 4.79 Å². The Morgan fingerprint density at radius 2 is 1.62 bits per heavy atom. The Morgan fingerprint density at radius 1 is 0.865 bits per heavy atom. The minimum atomic E-state index is -0.908. The monoisotopic (exact) mass is 719 g/mol. The molecule has 1 unspecified atom stereocenters. The van der Waals surface area contributed by atoms with Gasteiger partial charge < -0.3 is 43.0 Å². The number of carbonyl (C=O) groups is 2. The molecular formula is C40H53N3O9. The van der Waals surface area contributed by atoms with E-state index in [9.17, 15) is 9.59 Å². The Labute approximate surface area is 307 Å². The molecule has 12 nitrogen and oxygen atoms in total. The van der Waals surface area contributed by atoms with Gasteiger partial charge in [0.1, 0.15) is 30.9 Å². The number of hydrogen-bond acceptors (Lipinski definition) is 10. The number of likely N-dealkylation sites (tertiary alicyclic amines) is 1. The van der Waals surface area contributed by atoms with E-state index in [1.807, 2.05) is 66.7 Å². The first-order valence-electron chi connectivity index (χ1n) is 17.9. The SMILES string of the molecule is COCCCOc1ccc([C@@H]2[C@@H](OCc3ccc4c(c3)N(CCCOC)CCO4)CN(C(=O)OCc3ccccc3)C(OC)[C@H]2C(=O)N(C)C)cc1. The second-order valence-electron chi connectivity index (χ2n) is 13.2. The lowest BCUT2D eigenvalue weighted by molar-refractivity contribution is -0.166. The zero-order chi connectivity index (χ0) is 36.9. The van der Waals surface area contributed by atoms with E-state index in [1.54, 1.807) is 28.3 Å². The van der Waals surface area contributed by atoms with Gasteiger partial charge in [0, 0.05) is 67.5 Å². The fourth-order valence-electron chi connectivity index (χ4n) is 6.84. The first kappa shape index (κ1) is 38.9. The fourth-order valence-corrected chi connectivity index (χ4v) is 6.84. The molecule has 0 bridgehead atoms. The molecule has 0 spiro atoms. The van der Waals surface area contributed by atoms with E-state index in [1.165, 1.54) is 16.9 Å². The molecule has 282 valence electrons. The predicted molar refractivity (Wildman–Crippen MR) is 197 cm³/mol. The largest absolute Gasteiger partial charge is 0.494 e. The number of fused-ring (bicyclic) bond motifs is 1. The lowest BCUT2D eigenvalue weighted by Crippen LogP contribution is -2.61. The molecule has 0 aromatic heterocycles. The van der Waals surface area contributed by atoms with E-state index in [2.05, 4.69) is 11.0 Å². The van der Waals surface area contributed by atoms with Gasteiger partial charge in [0.25, 0.3) is 0 Å². The number of rotatable bonds is 17. The van der Waals surface area contributed by atoms with E-state index >= 15 is 0 Å². The van der Waals surface area contributed by atoms with E-state index < -0.39 is 30.3 Å². The zero-order valence-electron chi connectivity index (χ0n) is 31.0. The predicted octanol–water partition coefficient (Wildman–Crippen LogP) is 5.34. The van der Waals surface area contributed by atoms with Crippen LogP contribution in [0.3, 0.4) is 0 Å². The van der Waals surface area contributed by atoms with E-state index in [-0.39, 0.29) is 25.7 Å². The highest BCUT2D eigenvalue weighted by Gasteiger charge is 2.51. The molecule has 3 aromatic carbocycles. The lowest BCUT2D eigenvalue weighted by Gasteiger charge is -2.47. The van der Waals surface area contributed by atoms with E-state index in [0.29, 0.717) is 32.2 Å². The maximum atomic E-state index is 14.1. The number of benzene rings is 3. The topological polar surface area (TPSA) is 108 Å². The summed E-state index contributed by atoms with van der Waals surface area (Å²) >= 11 is 0. The van der Waals surface area contributed by atoms with Gasteiger partial charge in [0.15, 0.2) is 0 Å². The minimum Gasteiger partial charge on any atom is -0.494 e. The molecule has 0 aliphatic carbocycles. The number of anilines is 1. The summed E-state index contributed by atoms with van der Waals surface area (Å²) in [5.41, 5.74) is 3.68. The molecule has 52 heavy (non-hydrogen) atoms. The van der Waals surface area contributed by atoms with Crippen LogP contribution in [0.2, 0.25) is 0 Å². The number of amides is 2. The van der Waals surface area contributed by atoms with Crippen molar-refractivity contribution >= 4 is 17.7 Å². The van der Waals surface area contributed by atoms with Crippen LogP contribution in [0.25, 0.3) is 0 Å². The van der Waals surface area contributed by atoms with Gasteiger partial charge >= 0.3 is 6.09 Å². The number of ether oxygens (including phenoxy) is 7. The third kappa shape index (κ3) is 9.94. The number of methoxy groups -OCH3 is 3. The molecule has 1 saturated heterocycles. The van der Waals surface area contributed by atoms with Gasteiger partial charge in [-0.05, 0) is 47.4 Å². The Morgan fingerprint density at radius 3 is 2.33 bits per heavy atom. The lowest BCUT2D eigenvalue weighted by atomic mass is 9.76. The second-order valence-corrected chi connectivity index (χ2v) is 13.2. The molecule has 0 saturated carbocycles. The van der Waals surface area contributed by atoms with Crippen molar-refractivity contribution < 1.29 is 42.7 Å². The van der Waals surface area contributed by atoms with Gasteiger partial charge in [-0.1, -0.05) is 48.5 Å². The summed E-state index contributed by atoms with van der Waals surface area (Å²) in [4.78, 5) is 33.3. The maximum Gasteiger partial charge on any atom is 0.412 e. The van der Waals surface area contributed by atoms with Crippen LogP contribution in [0.4, 0.5) is 10.5 Å². The van der Waals surface area contributed by atoms with Crippen molar-refractivity contribution in [2.45, 2.75) is 44.3 Å².